The van der Waals surface area contributed by atoms with Crippen molar-refractivity contribution < 1.29 is 23.9 Å². The Hall–Kier alpha value is -1.65. The van der Waals surface area contributed by atoms with Gasteiger partial charge in [-0.3, -0.25) is 14.4 Å². The van der Waals surface area contributed by atoms with Crippen LogP contribution in [0.3, 0.4) is 0 Å². The molecule has 1 saturated carbocycles. The van der Waals surface area contributed by atoms with Gasteiger partial charge in [0.1, 0.15) is 5.76 Å². The van der Waals surface area contributed by atoms with Crippen molar-refractivity contribution in [3.05, 3.63) is 11.8 Å². The Labute approximate surface area is 104 Å². The van der Waals surface area contributed by atoms with Crippen LogP contribution in [0.25, 0.3) is 0 Å². The maximum absolute atomic E-state index is 11.7. The molecule has 0 aromatic heterocycles. The molecular formula is C13H14O5. The van der Waals surface area contributed by atoms with E-state index >= 15 is 0 Å². The minimum absolute atomic E-state index is 0.0618. The fourth-order valence-corrected chi connectivity index (χ4v) is 3.55. The van der Waals surface area contributed by atoms with Gasteiger partial charge in [0.2, 0.25) is 0 Å². The summed E-state index contributed by atoms with van der Waals surface area (Å²) in [6, 6.07) is 0. The molecule has 0 spiro atoms. The first-order chi connectivity index (χ1) is 8.49. The number of hydrogen-bond acceptors (Lipinski definition) is 5. The number of carbonyl (C=O) groups excluding carboxylic acids is 3. The van der Waals surface area contributed by atoms with E-state index in [9.17, 15) is 14.4 Å². The second-order valence-electron chi connectivity index (χ2n) is 5.35. The van der Waals surface area contributed by atoms with Crippen LogP contribution in [0, 0.1) is 29.6 Å². The van der Waals surface area contributed by atoms with Crippen molar-refractivity contribution in [1.82, 2.24) is 0 Å². The van der Waals surface area contributed by atoms with Gasteiger partial charge in [-0.15, -0.1) is 0 Å². The van der Waals surface area contributed by atoms with Crippen molar-refractivity contribution in [2.45, 2.75) is 20.3 Å². The van der Waals surface area contributed by atoms with Crippen LogP contribution in [-0.2, 0) is 23.9 Å². The molecule has 5 atom stereocenters. The number of carbonyl (C=O) groups is 3. The molecule has 4 rings (SSSR count). The molecule has 96 valence electrons. The smallest absolute Gasteiger partial charge is 0.318 e. The quantitative estimate of drug-likeness (QED) is 0.513. The van der Waals surface area contributed by atoms with Gasteiger partial charge in [-0.1, -0.05) is 6.92 Å². The Morgan fingerprint density at radius 2 is 2.00 bits per heavy atom. The van der Waals surface area contributed by atoms with E-state index in [0.29, 0.717) is 11.7 Å². The zero-order valence-electron chi connectivity index (χ0n) is 10.2. The number of allylic oxidation sites excluding steroid dienone is 2. The molecule has 0 aromatic rings. The maximum atomic E-state index is 11.7. The number of ether oxygens (including phenoxy) is 2. The molecule has 3 aliphatic carbocycles. The van der Waals surface area contributed by atoms with E-state index in [2.05, 4.69) is 0 Å². The zero-order chi connectivity index (χ0) is 13.0. The third-order valence-electron chi connectivity index (χ3n) is 4.25. The first-order valence-electron chi connectivity index (χ1n) is 6.14. The topological polar surface area (TPSA) is 69.7 Å². The minimum Gasteiger partial charge on any atom is -0.431 e. The Balaban J connectivity index is 2.00. The molecule has 18 heavy (non-hydrogen) atoms. The number of cyclic esters (lactones) is 2. The van der Waals surface area contributed by atoms with Crippen molar-refractivity contribution in [3.63, 3.8) is 0 Å². The Bertz CT molecular complexity index is 478. The van der Waals surface area contributed by atoms with Gasteiger partial charge in [-0.25, -0.2) is 0 Å². The average Bonchev–Trinajstić information content (AvgIpc) is 2.57. The molecule has 0 radical (unpaired) electrons. The molecule has 0 N–H and O–H groups in total. The molecule has 1 aliphatic heterocycles. The Morgan fingerprint density at radius 1 is 1.33 bits per heavy atom. The lowest BCUT2D eigenvalue weighted by molar-refractivity contribution is -0.154. The van der Waals surface area contributed by atoms with E-state index in [0.717, 1.165) is 6.42 Å². The predicted molar refractivity (Wildman–Crippen MR) is 58.7 cm³/mol. The first kappa shape index (κ1) is 11.4. The highest BCUT2D eigenvalue weighted by atomic mass is 16.6. The molecule has 0 amide bonds. The van der Waals surface area contributed by atoms with Gasteiger partial charge in [0, 0.05) is 12.8 Å². The molecule has 5 unspecified atom stereocenters. The summed E-state index contributed by atoms with van der Waals surface area (Å²) >= 11 is 0. The molecular weight excluding hydrogens is 236 g/mol. The van der Waals surface area contributed by atoms with Crippen molar-refractivity contribution in [1.29, 1.82) is 0 Å². The highest BCUT2D eigenvalue weighted by molar-refractivity contribution is 5.97. The van der Waals surface area contributed by atoms with Crippen LogP contribution in [0.5, 0.6) is 0 Å². The second-order valence-corrected chi connectivity index (χ2v) is 5.35. The normalized spacial score (nSPS) is 41.2. The van der Waals surface area contributed by atoms with Crippen molar-refractivity contribution in [3.8, 4) is 0 Å². The van der Waals surface area contributed by atoms with Gasteiger partial charge in [0.05, 0.1) is 11.8 Å². The van der Waals surface area contributed by atoms with Crippen LogP contribution in [0.15, 0.2) is 11.8 Å². The van der Waals surface area contributed by atoms with Crippen LogP contribution < -0.4 is 0 Å². The first-order valence-corrected chi connectivity index (χ1v) is 6.14. The maximum Gasteiger partial charge on any atom is 0.318 e. The average molecular weight is 250 g/mol. The number of hydrogen-bond donors (Lipinski definition) is 0. The molecule has 1 heterocycles. The van der Waals surface area contributed by atoms with Gasteiger partial charge in [0.15, 0.2) is 0 Å². The lowest BCUT2D eigenvalue weighted by atomic mass is 9.58. The summed E-state index contributed by atoms with van der Waals surface area (Å²) in [5.74, 6) is -1.55. The number of fused-ring (bicyclic) bond motifs is 1. The lowest BCUT2D eigenvalue weighted by Crippen LogP contribution is -2.45. The standard InChI is InChI=1S/C13H14O5/c1-5-3-8-9(17-6(2)14)4-7(5)10-11(8)13(16)18-12(10)15/h4-5,7-8,10-11H,3H2,1-2H3. The molecule has 4 aliphatic rings. The molecule has 5 heteroatoms. The summed E-state index contributed by atoms with van der Waals surface area (Å²) in [5, 5.41) is 0. The van der Waals surface area contributed by atoms with Crippen LogP contribution >= 0.6 is 0 Å². The summed E-state index contributed by atoms with van der Waals surface area (Å²) in [6.07, 6.45) is 2.59. The third-order valence-corrected chi connectivity index (χ3v) is 4.25. The number of rotatable bonds is 1. The molecule has 1 saturated heterocycles. The van der Waals surface area contributed by atoms with Gasteiger partial charge in [-0.2, -0.15) is 0 Å². The highest BCUT2D eigenvalue weighted by Crippen LogP contribution is 2.54. The van der Waals surface area contributed by atoms with E-state index in [4.69, 9.17) is 9.47 Å². The van der Waals surface area contributed by atoms with E-state index in [1.165, 1.54) is 6.92 Å². The van der Waals surface area contributed by atoms with E-state index < -0.39 is 23.8 Å². The Morgan fingerprint density at radius 3 is 2.67 bits per heavy atom. The van der Waals surface area contributed by atoms with Crippen LogP contribution in [0.4, 0.5) is 0 Å². The predicted octanol–water partition coefficient (Wildman–Crippen LogP) is 1.03. The molecule has 0 aromatic carbocycles. The fourth-order valence-electron chi connectivity index (χ4n) is 3.55. The summed E-state index contributed by atoms with van der Waals surface area (Å²) in [7, 11) is 0. The van der Waals surface area contributed by atoms with Crippen LogP contribution in [0.2, 0.25) is 0 Å². The summed E-state index contributed by atoms with van der Waals surface area (Å²) in [6.45, 7) is 3.38. The highest BCUT2D eigenvalue weighted by Gasteiger charge is 2.59. The molecule has 5 nitrogen and oxygen atoms in total. The van der Waals surface area contributed by atoms with Gasteiger partial charge in [-0.05, 0) is 24.3 Å². The van der Waals surface area contributed by atoms with Gasteiger partial charge < -0.3 is 9.47 Å². The summed E-state index contributed by atoms with van der Waals surface area (Å²) in [4.78, 5) is 34.5. The SMILES string of the molecule is CC(=O)OC1=CC2C(C)CC1C1C(=O)OC(=O)C21. The lowest BCUT2D eigenvalue weighted by Gasteiger charge is -2.44. The second kappa shape index (κ2) is 3.67. The van der Waals surface area contributed by atoms with Crippen molar-refractivity contribution >= 4 is 17.9 Å². The van der Waals surface area contributed by atoms with E-state index in [1.54, 1.807) is 0 Å². The van der Waals surface area contributed by atoms with E-state index in [-0.39, 0.29) is 17.8 Å². The van der Waals surface area contributed by atoms with Gasteiger partial charge in [0.25, 0.3) is 0 Å². The zero-order valence-corrected chi connectivity index (χ0v) is 10.2. The minimum atomic E-state index is -0.468. The Kier molecular flexibility index (Phi) is 2.33. The van der Waals surface area contributed by atoms with Crippen molar-refractivity contribution in [2.24, 2.45) is 29.6 Å². The van der Waals surface area contributed by atoms with Crippen LogP contribution in [0.1, 0.15) is 20.3 Å². The largest absolute Gasteiger partial charge is 0.431 e. The molecule has 2 fully saturated rings. The summed E-state index contributed by atoms with van der Waals surface area (Å²) in [5.41, 5.74) is 0. The van der Waals surface area contributed by atoms with Gasteiger partial charge >= 0.3 is 17.9 Å². The fraction of sp³-hybridized carbons (Fsp3) is 0.615. The molecule has 2 bridgehead atoms. The van der Waals surface area contributed by atoms with Crippen LogP contribution in [-0.4, -0.2) is 17.9 Å². The van der Waals surface area contributed by atoms with E-state index in [1.807, 2.05) is 13.0 Å². The third kappa shape index (κ3) is 1.43. The monoisotopic (exact) mass is 250 g/mol. The van der Waals surface area contributed by atoms with Crippen molar-refractivity contribution in [2.75, 3.05) is 0 Å². The number of esters is 3. The summed E-state index contributed by atoms with van der Waals surface area (Å²) < 4.78 is 9.91.